The van der Waals surface area contributed by atoms with Crippen LogP contribution in [0.3, 0.4) is 0 Å². The van der Waals surface area contributed by atoms with Gasteiger partial charge in [-0.1, -0.05) is 6.07 Å². The van der Waals surface area contributed by atoms with E-state index in [2.05, 4.69) is 15.0 Å². The third-order valence-electron chi connectivity index (χ3n) is 4.33. The topological polar surface area (TPSA) is 71.5 Å². The Morgan fingerprint density at radius 3 is 2.92 bits per heavy atom. The maximum atomic E-state index is 12.9. The number of aromatic nitrogens is 3. The zero-order chi connectivity index (χ0) is 17.8. The first kappa shape index (κ1) is 17.3. The van der Waals surface area contributed by atoms with Gasteiger partial charge in [0.05, 0.1) is 24.8 Å². The van der Waals surface area contributed by atoms with E-state index in [9.17, 15) is 4.79 Å². The first-order chi connectivity index (χ1) is 12.1. The lowest BCUT2D eigenvalue weighted by atomic mass is 10.0. The van der Waals surface area contributed by atoms with E-state index in [0.29, 0.717) is 25.6 Å². The average molecular weight is 341 g/mol. The predicted molar refractivity (Wildman–Crippen MR) is 94.3 cm³/mol. The molecular weight excluding hydrogens is 318 g/mol. The maximum Gasteiger partial charge on any atom is 0.230 e. The second kappa shape index (κ2) is 7.57. The SMILES string of the molecule is CC(C(=O)N1CCOC(c2ccnc(N(C)C)n2)C1)c1cccnc1. The molecule has 1 fully saturated rings. The molecule has 0 radical (unpaired) electrons. The summed E-state index contributed by atoms with van der Waals surface area (Å²) in [6.45, 7) is 3.50. The molecule has 1 amide bonds. The first-order valence-corrected chi connectivity index (χ1v) is 8.37. The normalized spacial score (nSPS) is 18.7. The highest BCUT2D eigenvalue weighted by atomic mass is 16.5. The van der Waals surface area contributed by atoms with E-state index < -0.39 is 0 Å². The summed E-state index contributed by atoms with van der Waals surface area (Å²) in [7, 11) is 3.79. The smallest absolute Gasteiger partial charge is 0.230 e. The summed E-state index contributed by atoms with van der Waals surface area (Å²) in [6, 6.07) is 5.63. The van der Waals surface area contributed by atoms with Gasteiger partial charge in [0.2, 0.25) is 11.9 Å². The number of rotatable bonds is 4. The number of carbonyl (C=O) groups is 1. The van der Waals surface area contributed by atoms with Gasteiger partial charge >= 0.3 is 0 Å². The molecule has 0 spiro atoms. The van der Waals surface area contributed by atoms with E-state index in [4.69, 9.17) is 4.74 Å². The Labute approximate surface area is 147 Å². The van der Waals surface area contributed by atoms with Gasteiger partial charge < -0.3 is 14.5 Å². The minimum absolute atomic E-state index is 0.0863. The molecule has 132 valence electrons. The Balaban J connectivity index is 1.73. The molecule has 0 bridgehead atoms. The summed E-state index contributed by atoms with van der Waals surface area (Å²) in [5.74, 6) is 0.492. The van der Waals surface area contributed by atoms with Crippen LogP contribution in [0, 0.1) is 0 Å². The number of anilines is 1. The van der Waals surface area contributed by atoms with E-state index in [1.165, 1.54) is 0 Å². The molecule has 0 N–H and O–H groups in total. The first-order valence-electron chi connectivity index (χ1n) is 8.37. The van der Waals surface area contributed by atoms with Gasteiger partial charge in [-0.15, -0.1) is 0 Å². The predicted octanol–water partition coefficient (Wildman–Crippen LogP) is 1.64. The minimum Gasteiger partial charge on any atom is -0.368 e. The summed E-state index contributed by atoms with van der Waals surface area (Å²) in [4.78, 5) is 29.4. The van der Waals surface area contributed by atoms with Crippen molar-refractivity contribution in [3.05, 3.63) is 48.0 Å². The van der Waals surface area contributed by atoms with Crippen LogP contribution in [-0.4, -0.2) is 59.6 Å². The summed E-state index contributed by atoms with van der Waals surface area (Å²) in [5, 5.41) is 0. The van der Waals surface area contributed by atoms with Crippen LogP contribution in [0.5, 0.6) is 0 Å². The molecule has 3 rings (SSSR count). The highest BCUT2D eigenvalue weighted by Gasteiger charge is 2.29. The fourth-order valence-corrected chi connectivity index (χ4v) is 2.83. The molecule has 0 saturated carbocycles. The second-order valence-electron chi connectivity index (χ2n) is 6.33. The Morgan fingerprint density at radius 1 is 1.36 bits per heavy atom. The molecular formula is C18H23N5O2. The quantitative estimate of drug-likeness (QED) is 0.842. The fraction of sp³-hybridized carbons (Fsp3) is 0.444. The molecule has 2 unspecified atom stereocenters. The van der Waals surface area contributed by atoms with Crippen LogP contribution in [0.1, 0.15) is 30.2 Å². The van der Waals surface area contributed by atoms with E-state index in [1.807, 2.05) is 49.0 Å². The monoisotopic (exact) mass is 341 g/mol. The number of ether oxygens (including phenoxy) is 1. The molecule has 1 saturated heterocycles. The van der Waals surface area contributed by atoms with E-state index in [1.54, 1.807) is 18.6 Å². The largest absolute Gasteiger partial charge is 0.368 e. The average Bonchev–Trinajstić information content (AvgIpc) is 2.67. The summed E-state index contributed by atoms with van der Waals surface area (Å²) in [5.41, 5.74) is 1.72. The minimum atomic E-state index is -0.236. The van der Waals surface area contributed by atoms with Crippen molar-refractivity contribution < 1.29 is 9.53 Å². The van der Waals surface area contributed by atoms with Crippen LogP contribution in [0.15, 0.2) is 36.8 Å². The number of nitrogens with zero attached hydrogens (tertiary/aromatic N) is 5. The summed E-state index contributed by atoms with van der Waals surface area (Å²) < 4.78 is 5.85. The van der Waals surface area contributed by atoms with E-state index >= 15 is 0 Å². The molecule has 1 aliphatic heterocycles. The third kappa shape index (κ3) is 3.93. The molecule has 2 aromatic rings. The molecule has 0 aliphatic carbocycles. The molecule has 0 aromatic carbocycles. The summed E-state index contributed by atoms with van der Waals surface area (Å²) >= 11 is 0. The van der Waals surface area contributed by atoms with Gasteiger partial charge in [0.1, 0.15) is 6.10 Å². The second-order valence-corrected chi connectivity index (χ2v) is 6.33. The van der Waals surface area contributed by atoms with E-state index in [0.717, 1.165) is 11.3 Å². The number of morpholine rings is 1. The van der Waals surface area contributed by atoms with Gasteiger partial charge in [-0.3, -0.25) is 9.78 Å². The standard InChI is InChI=1S/C18H23N5O2/c1-13(14-5-4-7-19-11-14)17(24)23-9-10-25-16(12-23)15-6-8-20-18(21-15)22(2)3/h4-8,11,13,16H,9-10,12H2,1-3H3. The number of hydrogen-bond acceptors (Lipinski definition) is 6. The molecule has 1 aliphatic rings. The van der Waals surface area contributed by atoms with Crippen molar-refractivity contribution in [2.75, 3.05) is 38.7 Å². The third-order valence-corrected chi connectivity index (χ3v) is 4.33. The van der Waals surface area contributed by atoms with Crippen LogP contribution in [0.2, 0.25) is 0 Å². The van der Waals surface area contributed by atoms with Gasteiger partial charge in [-0.25, -0.2) is 9.97 Å². The lowest BCUT2D eigenvalue weighted by Crippen LogP contribution is -2.44. The maximum absolute atomic E-state index is 12.9. The zero-order valence-electron chi connectivity index (χ0n) is 14.8. The Bertz CT molecular complexity index is 722. The van der Waals surface area contributed by atoms with Gasteiger partial charge in [0, 0.05) is 39.2 Å². The van der Waals surface area contributed by atoms with Gasteiger partial charge in [-0.05, 0) is 24.6 Å². The fourth-order valence-electron chi connectivity index (χ4n) is 2.83. The molecule has 3 heterocycles. The Hall–Kier alpha value is -2.54. The van der Waals surface area contributed by atoms with Gasteiger partial charge in [0.25, 0.3) is 0 Å². The molecule has 7 heteroatoms. The van der Waals surface area contributed by atoms with E-state index in [-0.39, 0.29) is 17.9 Å². The van der Waals surface area contributed by atoms with Crippen molar-refractivity contribution in [2.45, 2.75) is 18.9 Å². The summed E-state index contributed by atoms with van der Waals surface area (Å²) in [6.07, 6.45) is 4.94. The van der Waals surface area contributed by atoms with Crippen molar-refractivity contribution in [1.29, 1.82) is 0 Å². The number of carbonyl (C=O) groups excluding carboxylic acids is 1. The van der Waals surface area contributed by atoms with Gasteiger partial charge in [0.15, 0.2) is 0 Å². The van der Waals surface area contributed by atoms with Crippen LogP contribution in [0.25, 0.3) is 0 Å². The number of amides is 1. The van der Waals surface area contributed by atoms with Crippen LogP contribution >= 0.6 is 0 Å². The highest BCUT2D eigenvalue weighted by molar-refractivity contribution is 5.83. The lowest BCUT2D eigenvalue weighted by molar-refractivity contribution is -0.140. The van der Waals surface area contributed by atoms with Crippen LogP contribution < -0.4 is 4.90 Å². The van der Waals surface area contributed by atoms with Crippen molar-refractivity contribution in [3.63, 3.8) is 0 Å². The van der Waals surface area contributed by atoms with Gasteiger partial charge in [-0.2, -0.15) is 0 Å². The Kier molecular flexibility index (Phi) is 5.23. The lowest BCUT2D eigenvalue weighted by Gasteiger charge is -2.34. The van der Waals surface area contributed by atoms with Crippen molar-refractivity contribution >= 4 is 11.9 Å². The Morgan fingerprint density at radius 2 is 2.20 bits per heavy atom. The molecule has 25 heavy (non-hydrogen) atoms. The number of pyridine rings is 1. The number of hydrogen-bond donors (Lipinski definition) is 0. The van der Waals surface area contributed by atoms with Crippen molar-refractivity contribution in [2.24, 2.45) is 0 Å². The van der Waals surface area contributed by atoms with Crippen molar-refractivity contribution in [3.8, 4) is 0 Å². The van der Waals surface area contributed by atoms with Crippen LogP contribution in [-0.2, 0) is 9.53 Å². The highest BCUT2D eigenvalue weighted by Crippen LogP contribution is 2.25. The molecule has 2 aromatic heterocycles. The molecule has 2 atom stereocenters. The van der Waals surface area contributed by atoms with Crippen LogP contribution in [0.4, 0.5) is 5.95 Å². The zero-order valence-corrected chi connectivity index (χ0v) is 14.8. The molecule has 7 nitrogen and oxygen atoms in total. The van der Waals surface area contributed by atoms with Crippen molar-refractivity contribution in [1.82, 2.24) is 19.9 Å².